The van der Waals surface area contributed by atoms with E-state index in [9.17, 15) is 23.2 Å². The van der Waals surface area contributed by atoms with Gasteiger partial charge in [-0.3, -0.25) is 0 Å². The molecular weight excluding hydrogens is 385 g/mol. The molecule has 0 spiro atoms. The zero-order chi connectivity index (χ0) is 21.0. The molecule has 2 heterocycles. The molecule has 1 N–H and O–H groups in total. The number of nitrogens with zero attached hydrogens (tertiary/aromatic N) is 3. The second kappa shape index (κ2) is 6.17. The van der Waals surface area contributed by atoms with E-state index in [1.807, 2.05) is 0 Å². The number of alkyl halides is 3. The van der Waals surface area contributed by atoms with Crippen LogP contribution in [0, 0.1) is 11.3 Å². The molecule has 0 bridgehead atoms. The SMILES string of the molecule is COc1ccc([C@@]2(C(F)(F)F)NC(=O)N3C(=C2C#N)N(C)c2ccccc23)cc1. The van der Waals surface area contributed by atoms with E-state index in [0.29, 0.717) is 17.1 Å². The lowest BCUT2D eigenvalue weighted by Gasteiger charge is -2.43. The molecule has 0 radical (unpaired) electrons. The lowest BCUT2D eigenvalue weighted by atomic mass is 9.80. The van der Waals surface area contributed by atoms with E-state index in [2.05, 4.69) is 5.32 Å². The zero-order valence-corrected chi connectivity index (χ0v) is 15.4. The van der Waals surface area contributed by atoms with E-state index in [1.165, 1.54) is 43.3 Å². The van der Waals surface area contributed by atoms with Crippen LogP contribution in [-0.4, -0.2) is 26.4 Å². The molecule has 0 unspecified atom stereocenters. The van der Waals surface area contributed by atoms with Gasteiger partial charge in [-0.25, -0.2) is 9.69 Å². The van der Waals surface area contributed by atoms with E-state index in [0.717, 1.165) is 4.90 Å². The van der Waals surface area contributed by atoms with E-state index in [1.54, 1.807) is 30.3 Å². The molecule has 0 saturated heterocycles. The molecule has 29 heavy (non-hydrogen) atoms. The smallest absolute Gasteiger partial charge is 0.421 e. The van der Waals surface area contributed by atoms with E-state index >= 15 is 0 Å². The van der Waals surface area contributed by atoms with Crippen LogP contribution in [0.15, 0.2) is 59.9 Å². The van der Waals surface area contributed by atoms with Crippen LogP contribution in [0.5, 0.6) is 5.75 Å². The van der Waals surface area contributed by atoms with Crippen LogP contribution in [-0.2, 0) is 5.54 Å². The standard InChI is InChI=1S/C20H15F3N4O2/c1-26-15-5-3-4-6-16(15)27-17(26)14(11-24)19(20(21,22)23,25-18(27)28)12-7-9-13(29-2)10-8-12/h3-10H,1-2H3,(H,25,28)/t19-/m1/s1. The topological polar surface area (TPSA) is 68.6 Å². The van der Waals surface area contributed by atoms with Crippen LogP contribution in [0.3, 0.4) is 0 Å². The molecule has 2 aliphatic rings. The van der Waals surface area contributed by atoms with Gasteiger partial charge < -0.3 is 15.0 Å². The minimum atomic E-state index is -4.98. The molecule has 0 aliphatic carbocycles. The number of urea groups is 1. The van der Waals surface area contributed by atoms with E-state index < -0.39 is 23.3 Å². The number of methoxy groups -OCH3 is 1. The first-order chi connectivity index (χ1) is 13.8. The molecule has 0 fully saturated rings. The number of nitriles is 1. The summed E-state index contributed by atoms with van der Waals surface area (Å²) in [7, 11) is 2.92. The van der Waals surface area contributed by atoms with Crippen molar-refractivity contribution in [3.05, 3.63) is 65.5 Å². The minimum Gasteiger partial charge on any atom is -0.497 e. The lowest BCUT2D eigenvalue weighted by molar-refractivity contribution is -0.184. The minimum absolute atomic E-state index is 0.120. The second-order valence-corrected chi connectivity index (χ2v) is 6.60. The molecule has 2 aromatic carbocycles. The summed E-state index contributed by atoms with van der Waals surface area (Å²) < 4.78 is 48.6. The summed E-state index contributed by atoms with van der Waals surface area (Å²) in [6, 6.07) is 12.5. The first-order valence-electron chi connectivity index (χ1n) is 8.57. The first kappa shape index (κ1) is 18.7. The molecule has 0 aromatic heterocycles. The van der Waals surface area contributed by atoms with Crippen molar-refractivity contribution < 1.29 is 22.7 Å². The summed E-state index contributed by atoms with van der Waals surface area (Å²) >= 11 is 0. The van der Waals surface area contributed by atoms with Crippen LogP contribution < -0.4 is 19.9 Å². The van der Waals surface area contributed by atoms with E-state index in [-0.39, 0.29) is 11.4 Å². The Kier molecular flexibility index (Phi) is 3.97. The Balaban J connectivity index is 2.04. The van der Waals surface area contributed by atoms with Gasteiger partial charge in [0.1, 0.15) is 23.2 Å². The lowest BCUT2D eigenvalue weighted by Crippen LogP contribution is -2.64. The third-order valence-corrected chi connectivity index (χ3v) is 5.17. The molecule has 2 aliphatic heterocycles. The summed E-state index contributed by atoms with van der Waals surface area (Å²) in [4.78, 5) is 15.4. The van der Waals surface area contributed by atoms with Crippen LogP contribution in [0.4, 0.5) is 29.3 Å². The maximum Gasteiger partial charge on any atom is 0.421 e. The molecule has 2 aromatic rings. The molecule has 0 saturated carbocycles. The number of benzene rings is 2. The summed E-state index contributed by atoms with van der Waals surface area (Å²) in [5.41, 5.74) is -2.97. The Hall–Kier alpha value is -3.67. The Bertz CT molecular complexity index is 1070. The first-order valence-corrected chi connectivity index (χ1v) is 8.57. The van der Waals surface area contributed by atoms with Crippen molar-refractivity contribution in [1.82, 2.24) is 5.32 Å². The number of hydrogen-bond acceptors (Lipinski definition) is 4. The molecular formula is C20H15F3N4O2. The fourth-order valence-electron chi connectivity index (χ4n) is 3.81. The van der Waals surface area contributed by atoms with Crippen LogP contribution in [0.2, 0.25) is 0 Å². The fraction of sp³-hybridized carbons (Fsp3) is 0.200. The number of amides is 2. The number of carbonyl (C=O) groups is 1. The monoisotopic (exact) mass is 400 g/mol. The van der Waals surface area contributed by atoms with Crippen molar-refractivity contribution in [2.45, 2.75) is 11.7 Å². The molecule has 6 nitrogen and oxygen atoms in total. The van der Waals surface area contributed by atoms with Crippen molar-refractivity contribution in [2.24, 2.45) is 0 Å². The largest absolute Gasteiger partial charge is 0.497 e. The van der Waals surface area contributed by atoms with Crippen LogP contribution in [0.25, 0.3) is 0 Å². The Morgan fingerprint density at radius 1 is 1.10 bits per heavy atom. The predicted molar refractivity (Wildman–Crippen MR) is 99.2 cm³/mol. The molecule has 148 valence electrons. The summed E-state index contributed by atoms with van der Waals surface area (Å²) in [5, 5.41) is 11.9. The van der Waals surface area contributed by atoms with Crippen molar-refractivity contribution in [3.63, 3.8) is 0 Å². The number of para-hydroxylation sites is 2. The highest BCUT2D eigenvalue weighted by Gasteiger charge is 2.65. The van der Waals surface area contributed by atoms with Gasteiger partial charge in [0.15, 0.2) is 0 Å². The Labute approximate surface area is 164 Å². The van der Waals surface area contributed by atoms with Gasteiger partial charge in [0, 0.05) is 7.05 Å². The number of hydrogen-bond donors (Lipinski definition) is 1. The highest BCUT2D eigenvalue weighted by Crippen LogP contribution is 2.52. The van der Waals surface area contributed by atoms with Crippen molar-refractivity contribution in [2.75, 3.05) is 24.0 Å². The Morgan fingerprint density at radius 2 is 1.72 bits per heavy atom. The number of nitrogens with one attached hydrogen (secondary N) is 1. The highest BCUT2D eigenvalue weighted by atomic mass is 19.4. The third kappa shape index (κ3) is 2.38. The number of rotatable bonds is 2. The van der Waals surface area contributed by atoms with Gasteiger partial charge in [-0.05, 0) is 29.8 Å². The zero-order valence-electron chi connectivity index (χ0n) is 15.4. The van der Waals surface area contributed by atoms with Crippen LogP contribution in [0.1, 0.15) is 5.56 Å². The van der Waals surface area contributed by atoms with Crippen molar-refractivity contribution >= 4 is 17.4 Å². The molecule has 2 amide bonds. The number of carbonyl (C=O) groups excluding carboxylic acids is 1. The van der Waals surface area contributed by atoms with Gasteiger partial charge in [0.05, 0.1) is 18.5 Å². The van der Waals surface area contributed by atoms with Crippen molar-refractivity contribution in [3.8, 4) is 11.8 Å². The average molecular weight is 400 g/mol. The number of fused-ring (bicyclic) bond motifs is 3. The van der Waals surface area contributed by atoms with Gasteiger partial charge in [0.25, 0.3) is 0 Å². The summed E-state index contributed by atoms with van der Waals surface area (Å²) in [6.45, 7) is 0. The predicted octanol–water partition coefficient (Wildman–Crippen LogP) is 3.87. The molecule has 1 atom stereocenters. The van der Waals surface area contributed by atoms with Gasteiger partial charge in [-0.2, -0.15) is 18.4 Å². The quantitative estimate of drug-likeness (QED) is 0.831. The maximum atomic E-state index is 14.5. The van der Waals surface area contributed by atoms with Gasteiger partial charge in [-0.1, -0.05) is 24.3 Å². The van der Waals surface area contributed by atoms with Crippen LogP contribution >= 0.6 is 0 Å². The summed E-state index contributed by atoms with van der Waals surface area (Å²) in [6.07, 6.45) is -4.98. The van der Waals surface area contributed by atoms with Crippen molar-refractivity contribution in [1.29, 1.82) is 5.26 Å². The molecule has 9 heteroatoms. The van der Waals surface area contributed by atoms with Gasteiger partial charge in [-0.15, -0.1) is 0 Å². The number of ether oxygens (including phenoxy) is 1. The highest BCUT2D eigenvalue weighted by molar-refractivity contribution is 6.06. The van der Waals surface area contributed by atoms with E-state index in [4.69, 9.17) is 4.74 Å². The number of anilines is 2. The third-order valence-electron chi connectivity index (χ3n) is 5.17. The Morgan fingerprint density at radius 3 is 2.28 bits per heavy atom. The number of halogens is 3. The maximum absolute atomic E-state index is 14.5. The second-order valence-electron chi connectivity index (χ2n) is 6.60. The molecule has 4 rings (SSSR count). The van der Waals surface area contributed by atoms with Gasteiger partial charge >= 0.3 is 12.2 Å². The average Bonchev–Trinajstić information content (AvgIpc) is 3.00. The fourth-order valence-corrected chi connectivity index (χ4v) is 3.81. The summed E-state index contributed by atoms with van der Waals surface area (Å²) in [5.74, 6) is 0.233. The normalized spacial score (nSPS) is 20.8. The van der Waals surface area contributed by atoms with Gasteiger partial charge in [0.2, 0.25) is 5.54 Å².